The molecule has 8 heteroatoms. The summed E-state index contributed by atoms with van der Waals surface area (Å²) in [7, 11) is 1.87. The number of fused-ring (bicyclic) bond motifs is 1. The van der Waals surface area contributed by atoms with Gasteiger partial charge in [-0.05, 0) is 37.2 Å². The Morgan fingerprint density at radius 1 is 1.38 bits per heavy atom. The van der Waals surface area contributed by atoms with Crippen molar-refractivity contribution < 1.29 is 9.90 Å². The molecule has 0 aliphatic rings. The van der Waals surface area contributed by atoms with Gasteiger partial charge >= 0.3 is 5.97 Å². The Hall–Kier alpha value is -1.93. The van der Waals surface area contributed by atoms with Crippen LogP contribution in [0.15, 0.2) is 22.4 Å². The van der Waals surface area contributed by atoms with Gasteiger partial charge in [-0.3, -0.25) is 4.68 Å². The van der Waals surface area contributed by atoms with Crippen LogP contribution in [0.5, 0.6) is 0 Å². The van der Waals surface area contributed by atoms with E-state index in [1.807, 2.05) is 20.0 Å². The molecule has 0 radical (unpaired) electrons. The Balaban J connectivity index is 2.14. The third-order valence-electron chi connectivity index (χ3n) is 3.05. The van der Waals surface area contributed by atoms with Crippen molar-refractivity contribution in [1.82, 2.24) is 19.7 Å². The number of carboxylic acids is 1. The lowest BCUT2D eigenvalue weighted by molar-refractivity contribution is 0.0701. The second-order valence-electron chi connectivity index (χ2n) is 4.57. The number of carbonyl (C=O) groups is 1. The molecule has 0 fully saturated rings. The van der Waals surface area contributed by atoms with Gasteiger partial charge in [0.2, 0.25) is 0 Å². The summed E-state index contributed by atoms with van der Waals surface area (Å²) in [4.78, 5) is 20.8. The van der Waals surface area contributed by atoms with Crippen molar-refractivity contribution >= 4 is 39.3 Å². The van der Waals surface area contributed by atoms with Crippen LogP contribution in [0.25, 0.3) is 10.2 Å². The Kier molecular flexibility index (Phi) is 3.42. The maximum Gasteiger partial charge on any atom is 0.346 e. The molecular formula is C13H12N4O2S2. The predicted octanol–water partition coefficient (Wildman–Crippen LogP) is 2.89. The monoisotopic (exact) mass is 320 g/mol. The number of aromatic carboxylic acids is 1. The Morgan fingerprint density at radius 3 is 2.76 bits per heavy atom. The minimum Gasteiger partial charge on any atom is -0.477 e. The lowest BCUT2D eigenvalue weighted by atomic mass is 10.2. The molecule has 0 amide bonds. The summed E-state index contributed by atoms with van der Waals surface area (Å²) in [6, 6.07) is 1.97. The number of hydrogen-bond acceptors (Lipinski definition) is 6. The van der Waals surface area contributed by atoms with E-state index in [-0.39, 0.29) is 0 Å². The number of carboxylic acid groups (broad SMARTS) is 1. The molecule has 3 heterocycles. The number of aromatic nitrogens is 4. The Bertz CT molecular complexity index is 853. The second-order valence-corrected chi connectivity index (χ2v) is 6.58. The maximum atomic E-state index is 11.3. The fourth-order valence-corrected chi connectivity index (χ4v) is 4.21. The lowest BCUT2D eigenvalue weighted by Gasteiger charge is -2.03. The smallest absolute Gasteiger partial charge is 0.346 e. The maximum absolute atomic E-state index is 11.3. The van der Waals surface area contributed by atoms with Crippen LogP contribution in [0.3, 0.4) is 0 Å². The molecule has 1 N–H and O–H groups in total. The summed E-state index contributed by atoms with van der Waals surface area (Å²) in [5.41, 5.74) is 1.64. The molecule has 0 aromatic carbocycles. The van der Waals surface area contributed by atoms with Gasteiger partial charge in [-0.1, -0.05) is 0 Å². The number of thiophene rings is 1. The van der Waals surface area contributed by atoms with Crippen molar-refractivity contribution in [1.29, 1.82) is 0 Å². The molecule has 3 aromatic rings. The van der Waals surface area contributed by atoms with E-state index in [1.165, 1.54) is 29.4 Å². The molecule has 21 heavy (non-hydrogen) atoms. The standard InChI is InChI=1S/C13H12N4O2S2/c1-6-4-8(17(3)16-6)20-11-9-7(2)10(13(18)19)21-12(9)15-5-14-11/h4-5H,1-3H3,(H,18,19). The molecule has 0 saturated heterocycles. The second kappa shape index (κ2) is 5.12. The van der Waals surface area contributed by atoms with Gasteiger partial charge in [-0.2, -0.15) is 5.10 Å². The van der Waals surface area contributed by atoms with E-state index in [0.717, 1.165) is 21.1 Å². The van der Waals surface area contributed by atoms with E-state index < -0.39 is 5.97 Å². The Labute approximate surface area is 128 Å². The average Bonchev–Trinajstić information content (AvgIpc) is 2.91. The van der Waals surface area contributed by atoms with Crippen LogP contribution in [0.4, 0.5) is 0 Å². The summed E-state index contributed by atoms with van der Waals surface area (Å²) in [6.45, 7) is 3.72. The molecular weight excluding hydrogens is 308 g/mol. The zero-order valence-electron chi connectivity index (χ0n) is 11.6. The van der Waals surface area contributed by atoms with Crippen molar-refractivity contribution in [2.24, 2.45) is 7.05 Å². The van der Waals surface area contributed by atoms with Crippen LogP contribution in [0.1, 0.15) is 20.9 Å². The fourth-order valence-electron chi connectivity index (χ4n) is 2.10. The summed E-state index contributed by atoms with van der Waals surface area (Å²) >= 11 is 2.65. The molecule has 3 aromatic heterocycles. The molecule has 3 rings (SSSR count). The molecule has 108 valence electrons. The van der Waals surface area contributed by atoms with Crippen molar-refractivity contribution in [2.75, 3.05) is 0 Å². The van der Waals surface area contributed by atoms with Gasteiger partial charge in [0.1, 0.15) is 26.1 Å². The van der Waals surface area contributed by atoms with Crippen LogP contribution >= 0.6 is 23.1 Å². The summed E-state index contributed by atoms with van der Waals surface area (Å²) in [5, 5.41) is 16.1. The third-order valence-corrected chi connectivity index (χ3v) is 5.33. The minimum atomic E-state index is -0.928. The average molecular weight is 320 g/mol. The molecule has 0 spiro atoms. The molecule has 0 aliphatic carbocycles. The van der Waals surface area contributed by atoms with Gasteiger partial charge in [0.25, 0.3) is 0 Å². The van der Waals surface area contributed by atoms with Crippen LogP contribution < -0.4 is 0 Å². The van der Waals surface area contributed by atoms with Crippen molar-refractivity contribution in [2.45, 2.75) is 23.9 Å². The van der Waals surface area contributed by atoms with E-state index in [1.54, 1.807) is 11.6 Å². The molecule has 0 atom stereocenters. The third kappa shape index (κ3) is 2.40. The van der Waals surface area contributed by atoms with Gasteiger partial charge in [-0.15, -0.1) is 11.3 Å². The number of aryl methyl sites for hydroxylation is 3. The van der Waals surface area contributed by atoms with E-state index in [0.29, 0.717) is 15.3 Å². The van der Waals surface area contributed by atoms with Crippen LogP contribution in [0, 0.1) is 13.8 Å². The molecule has 6 nitrogen and oxygen atoms in total. The first-order valence-corrected chi connectivity index (χ1v) is 7.76. The predicted molar refractivity (Wildman–Crippen MR) is 81.2 cm³/mol. The van der Waals surface area contributed by atoms with E-state index in [4.69, 9.17) is 0 Å². The quantitative estimate of drug-likeness (QED) is 0.747. The topological polar surface area (TPSA) is 80.9 Å². The molecule has 0 bridgehead atoms. The lowest BCUT2D eigenvalue weighted by Crippen LogP contribution is -1.95. The first kappa shape index (κ1) is 14.0. The fraction of sp³-hybridized carbons (Fsp3) is 0.231. The van der Waals surface area contributed by atoms with Gasteiger partial charge in [0.05, 0.1) is 5.69 Å². The molecule has 0 unspecified atom stereocenters. The highest BCUT2D eigenvalue weighted by Crippen LogP contribution is 2.37. The minimum absolute atomic E-state index is 0.313. The van der Waals surface area contributed by atoms with Gasteiger partial charge < -0.3 is 5.11 Å². The summed E-state index contributed by atoms with van der Waals surface area (Å²) in [5.74, 6) is -0.928. The largest absolute Gasteiger partial charge is 0.477 e. The normalized spacial score (nSPS) is 11.2. The first-order chi connectivity index (χ1) is 9.97. The number of rotatable bonds is 3. The highest BCUT2D eigenvalue weighted by atomic mass is 32.2. The van der Waals surface area contributed by atoms with Crippen molar-refractivity contribution in [3.8, 4) is 0 Å². The molecule has 0 saturated carbocycles. The van der Waals surface area contributed by atoms with Crippen LogP contribution in [0.2, 0.25) is 0 Å². The summed E-state index contributed by atoms with van der Waals surface area (Å²) < 4.78 is 1.79. The number of hydrogen-bond donors (Lipinski definition) is 1. The van der Waals surface area contributed by atoms with Crippen LogP contribution in [-0.2, 0) is 7.05 Å². The highest BCUT2D eigenvalue weighted by molar-refractivity contribution is 7.99. The van der Waals surface area contributed by atoms with Gasteiger partial charge in [-0.25, -0.2) is 14.8 Å². The summed E-state index contributed by atoms with van der Waals surface area (Å²) in [6.07, 6.45) is 1.47. The zero-order chi connectivity index (χ0) is 15.1. The SMILES string of the molecule is Cc1cc(Sc2ncnc3sc(C(=O)O)c(C)c23)n(C)n1. The van der Waals surface area contributed by atoms with Crippen LogP contribution in [-0.4, -0.2) is 30.8 Å². The van der Waals surface area contributed by atoms with Crippen molar-refractivity contribution in [3.05, 3.63) is 28.5 Å². The Morgan fingerprint density at radius 2 is 2.14 bits per heavy atom. The number of nitrogens with zero attached hydrogens (tertiary/aromatic N) is 4. The molecule has 0 aliphatic heterocycles. The first-order valence-electron chi connectivity index (χ1n) is 6.13. The van der Waals surface area contributed by atoms with Gasteiger partial charge in [0, 0.05) is 12.4 Å². The van der Waals surface area contributed by atoms with Gasteiger partial charge in [0.15, 0.2) is 0 Å². The van der Waals surface area contributed by atoms with E-state index in [9.17, 15) is 9.90 Å². The van der Waals surface area contributed by atoms with E-state index >= 15 is 0 Å². The van der Waals surface area contributed by atoms with Crippen molar-refractivity contribution in [3.63, 3.8) is 0 Å². The van der Waals surface area contributed by atoms with E-state index in [2.05, 4.69) is 15.1 Å². The highest BCUT2D eigenvalue weighted by Gasteiger charge is 2.19. The zero-order valence-corrected chi connectivity index (χ0v) is 13.2.